The average molecular weight is 372 g/mol. The van der Waals surface area contributed by atoms with E-state index in [-0.39, 0.29) is 6.10 Å². The van der Waals surface area contributed by atoms with E-state index in [2.05, 4.69) is 38.6 Å². The maximum absolute atomic E-state index is 6.22. The zero-order chi connectivity index (χ0) is 18.3. The Morgan fingerprint density at radius 3 is 2.69 bits per heavy atom. The number of thiol groups is 1. The minimum absolute atomic E-state index is 0.155. The lowest BCUT2D eigenvalue weighted by Crippen LogP contribution is -2.20. The summed E-state index contributed by atoms with van der Waals surface area (Å²) in [6, 6.07) is 10.3. The molecule has 2 aliphatic rings. The van der Waals surface area contributed by atoms with E-state index >= 15 is 0 Å². The van der Waals surface area contributed by atoms with Crippen LogP contribution < -0.4 is 18.9 Å². The first-order chi connectivity index (χ1) is 12.5. The van der Waals surface area contributed by atoms with Gasteiger partial charge in [0.15, 0.2) is 11.5 Å². The van der Waals surface area contributed by atoms with Crippen LogP contribution >= 0.6 is 12.6 Å². The molecule has 0 radical (unpaired) electrons. The molecule has 26 heavy (non-hydrogen) atoms. The molecule has 0 fully saturated rings. The van der Waals surface area contributed by atoms with E-state index in [1.54, 1.807) is 7.11 Å². The molecule has 0 N–H and O–H groups in total. The van der Waals surface area contributed by atoms with Crippen LogP contribution in [-0.2, 0) is 6.42 Å². The van der Waals surface area contributed by atoms with Gasteiger partial charge < -0.3 is 18.9 Å². The Balaban J connectivity index is 1.53. The van der Waals surface area contributed by atoms with Gasteiger partial charge in [0.1, 0.15) is 17.6 Å². The molecule has 0 saturated carbocycles. The van der Waals surface area contributed by atoms with Crippen molar-refractivity contribution in [2.45, 2.75) is 43.6 Å². The van der Waals surface area contributed by atoms with Gasteiger partial charge in [0.05, 0.1) is 7.11 Å². The Labute approximate surface area is 159 Å². The summed E-state index contributed by atoms with van der Waals surface area (Å²) in [5, 5.41) is 0. The van der Waals surface area contributed by atoms with Crippen LogP contribution in [0.15, 0.2) is 35.2 Å². The zero-order valence-corrected chi connectivity index (χ0v) is 16.2. The molecular formula is C21H24O4S. The van der Waals surface area contributed by atoms with Crippen LogP contribution in [0.2, 0.25) is 0 Å². The smallest absolute Gasteiger partial charge is 0.231 e. The highest BCUT2D eigenvalue weighted by molar-refractivity contribution is 7.80. The largest absolute Gasteiger partial charge is 0.496 e. The van der Waals surface area contributed by atoms with Crippen molar-refractivity contribution in [3.63, 3.8) is 0 Å². The minimum Gasteiger partial charge on any atom is -0.496 e. The van der Waals surface area contributed by atoms with E-state index in [0.29, 0.717) is 18.6 Å². The van der Waals surface area contributed by atoms with Gasteiger partial charge >= 0.3 is 0 Å². The minimum atomic E-state index is 0.155. The number of ether oxygens (including phenoxy) is 4. The predicted molar refractivity (Wildman–Crippen MR) is 103 cm³/mol. The van der Waals surface area contributed by atoms with Gasteiger partial charge in [-0.3, -0.25) is 0 Å². The molecule has 0 aliphatic carbocycles. The lowest BCUT2D eigenvalue weighted by atomic mass is 9.83. The van der Waals surface area contributed by atoms with Gasteiger partial charge in [-0.15, -0.1) is 12.6 Å². The monoisotopic (exact) mass is 372 g/mol. The quantitative estimate of drug-likeness (QED) is 0.762. The van der Waals surface area contributed by atoms with E-state index in [1.165, 1.54) is 11.1 Å². The van der Waals surface area contributed by atoms with Gasteiger partial charge in [-0.1, -0.05) is 19.9 Å². The molecule has 5 heteroatoms. The molecule has 2 heterocycles. The van der Waals surface area contributed by atoms with Crippen LogP contribution in [-0.4, -0.2) is 20.0 Å². The number of benzene rings is 2. The lowest BCUT2D eigenvalue weighted by Gasteiger charge is -2.24. The fourth-order valence-corrected chi connectivity index (χ4v) is 4.12. The van der Waals surface area contributed by atoms with Gasteiger partial charge in [-0.05, 0) is 48.1 Å². The highest BCUT2D eigenvalue weighted by Crippen LogP contribution is 2.42. The van der Waals surface area contributed by atoms with Gasteiger partial charge in [-0.25, -0.2) is 0 Å². The Morgan fingerprint density at radius 2 is 1.92 bits per heavy atom. The molecular weight excluding hydrogens is 348 g/mol. The molecule has 0 spiro atoms. The average Bonchev–Trinajstić information content (AvgIpc) is 3.23. The third-order valence-electron chi connectivity index (χ3n) is 5.25. The highest BCUT2D eigenvalue weighted by atomic mass is 32.1. The maximum Gasteiger partial charge on any atom is 0.231 e. The molecule has 2 atom stereocenters. The number of methoxy groups -OCH3 is 1. The van der Waals surface area contributed by atoms with Gasteiger partial charge in [0.25, 0.3) is 0 Å². The van der Waals surface area contributed by atoms with E-state index in [9.17, 15) is 0 Å². The van der Waals surface area contributed by atoms with Gasteiger partial charge in [-0.2, -0.15) is 0 Å². The summed E-state index contributed by atoms with van der Waals surface area (Å²) in [5.41, 5.74) is 2.47. The predicted octanol–water partition coefficient (Wildman–Crippen LogP) is 4.85. The van der Waals surface area contributed by atoms with E-state index < -0.39 is 0 Å². The molecule has 4 nitrogen and oxygen atoms in total. The fraction of sp³-hybridized carbons (Fsp3) is 0.429. The molecule has 2 aromatic rings. The Hall–Kier alpha value is -2.01. The van der Waals surface area contributed by atoms with Gasteiger partial charge in [0, 0.05) is 16.9 Å². The molecule has 0 bridgehead atoms. The maximum atomic E-state index is 6.22. The summed E-state index contributed by atoms with van der Waals surface area (Å²) in [4.78, 5) is 0.808. The van der Waals surface area contributed by atoms with Crippen molar-refractivity contribution in [3.8, 4) is 23.0 Å². The number of fused-ring (bicyclic) bond motifs is 2. The van der Waals surface area contributed by atoms with Crippen molar-refractivity contribution in [2.24, 2.45) is 5.92 Å². The second kappa shape index (κ2) is 6.95. The third-order valence-corrected chi connectivity index (χ3v) is 5.60. The molecule has 0 aromatic heterocycles. The van der Waals surface area contributed by atoms with Crippen LogP contribution in [0.5, 0.6) is 23.0 Å². The number of hydrogen-bond acceptors (Lipinski definition) is 5. The van der Waals surface area contributed by atoms with Crippen LogP contribution in [0.1, 0.15) is 37.3 Å². The standard InChI is InChI=1S/C21H24O4S/c1-12(2)16(13-4-5-17-19(7-13)24-11-23-17)9-15-6-14-8-20(22-3)21(26)10-18(14)25-15/h4-5,7-8,10,12,15-16,26H,6,9,11H2,1-3H3. The van der Waals surface area contributed by atoms with Crippen molar-refractivity contribution in [3.05, 3.63) is 41.5 Å². The van der Waals surface area contributed by atoms with Crippen molar-refractivity contribution in [2.75, 3.05) is 13.9 Å². The zero-order valence-electron chi connectivity index (χ0n) is 15.3. The molecule has 2 aliphatic heterocycles. The third kappa shape index (κ3) is 3.20. The van der Waals surface area contributed by atoms with E-state index in [1.807, 2.05) is 18.2 Å². The summed E-state index contributed by atoms with van der Waals surface area (Å²) < 4.78 is 22.6. The fourth-order valence-electron chi connectivity index (χ4n) is 3.84. The summed E-state index contributed by atoms with van der Waals surface area (Å²) in [6.45, 7) is 4.82. The van der Waals surface area contributed by atoms with E-state index in [0.717, 1.165) is 40.7 Å². The van der Waals surface area contributed by atoms with Gasteiger partial charge in [0.2, 0.25) is 6.79 Å². The molecule has 2 aromatic carbocycles. The SMILES string of the molecule is COc1cc2c(cc1S)OC(CC(c1ccc3c(c1)OCO3)C(C)C)C2. The van der Waals surface area contributed by atoms with Crippen molar-refractivity contribution < 1.29 is 18.9 Å². The van der Waals surface area contributed by atoms with Crippen LogP contribution in [0.3, 0.4) is 0 Å². The second-order valence-electron chi connectivity index (χ2n) is 7.27. The molecule has 0 amide bonds. The van der Waals surface area contributed by atoms with Crippen molar-refractivity contribution in [1.29, 1.82) is 0 Å². The summed E-state index contributed by atoms with van der Waals surface area (Å²) in [7, 11) is 1.67. The summed E-state index contributed by atoms with van der Waals surface area (Å²) in [6.07, 6.45) is 2.01. The number of rotatable bonds is 5. The second-order valence-corrected chi connectivity index (χ2v) is 7.76. The van der Waals surface area contributed by atoms with Crippen LogP contribution in [0.4, 0.5) is 0 Å². The molecule has 138 valence electrons. The Bertz CT molecular complexity index is 818. The first-order valence-corrected chi connectivity index (χ1v) is 9.46. The van der Waals surface area contributed by atoms with E-state index in [4.69, 9.17) is 18.9 Å². The Morgan fingerprint density at radius 1 is 1.12 bits per heavy atom. The topological polar surface area (TPSA) is 36.9 Å². The lowest BCUT2D eigenvalue weighted by molar-refractivity contribution is 0.173. The first kappa shape index (κ1) is 17.4. The summed E-state index contributed by atoms with van der Waals surface area (Å²) in [5.74, 6) is 4.28. The van der Waals surface area contributed by atoms with Crippen LogP contribution in [0, 0.1) is 5.92 Å². The Kier molecular flexibility index (Phi) is 4.65. The molecule has 0 saturated heterocycles. The van der Waals surface area contributed by atoms with Crippen molar-refractivity contribution in [1.82, 2.24) is 0 Å². The normalized spacial score (nSPS) is 18.6. The van der Waals surface area contributed by atoms with Crippen LogP contribution in [0.25, 0.3) is 0 Å². The molecule has 4 rings (SSSR count). The van der Waals surface area contributed by atoms with Crippen molar-refractivity contribution >= 4 is 12.6 Å². The first-order valence-electron chi connectivity index (χ1n) is 9.01. The highest BCUT2D eigenvalue weighted by Gasteiger charge is 2.29. The molecule has 2 unspecified atom stereocenters. The number of hydrogen-bond donors (Lipinski definition) is 1. The summed E-state index contributed by atoms with van der Waals surface area (Å²) >= 11 is 4.47.